The van der Waals surface area contributed by atoms with Gasteiger partial charge in [0, 0.05) is 30.7 Å². The summed E-state index contributed by atoms with van der Waals surface area (Å²) in [7, 11) is 0. The molecule has 3 heterocycles. The number of anilines is 2. The number of aromatic nitrogens is 4. The Bertz CT molecular complexity index is 1500. The molecule has 13 heteroatoms. The zero-order valence-electron chi connectivity index (χ0n) is 22.6. The maximum Gasteiger partial charge on any atom is 0.416 e. The smallest absolute Gasteiger partial charge is 0.396 e. The molecule has 0 bridgehead atoms. The number of nitrogens with zero attached hydrogens (tertiary/aromatic N) is 4. The molecule has 1 aliphatic rings. The van der Waals surface area contributed by atoms with Crippen LogP contribution in [0.15, 0.2) is 42.7 Å². The Morgan fingerprint density at radius 1 is 1.00 bits per heavy atom. The van der Waals surface area contributed by atoms with Crippen LogP contribution in [0.1, 0.15) is 37.1 Å². The standard InChI is InChI=1S/C28H31F3N6O3S/c1-14-21(25-36-19-11-32-9-8-20(19)41-25)24(35-18-10-15(12-38)22(39)23(18)40)37-26(34-14)33-13-27(2,3)16-4-6-17(7-5-16)28(29,30)31/h4-9,11,15,18,22-23,38-40H,10,12-13H2,1-3H3,(H2,33,34,35,37)/t15-,18-,22-,23+/m1/s1. The first-order chi connectivity index (χ1) is 19.4. The van der Waals surface area contributed by atoms with Crippen molar-refractivity contribution in [2.75, 3.05) is 23.8 Å². The summed E-state index contributed by atoms with van der Waals surface area (Å²) in [6.07, 6.45) is -2.93. The molecular weight excluding hydrogens is 557 g/mol. The lowest BCUT2D eigenvalue weighted by Gasteiger charge is -2.27. The van der Waals surface area contributed by atoms with E-state index in [9.17, 15) is 28.5 Å². The van der Waals surface area contributed by atoms with Gasteiger partial charge in [0.05, 0.1) is 39.9 Å². The minimum Gasteiger partial charge on any atom is -0.396 e. The average molecular weight is 589 g/mol. The number of fused-ring (bicyclic) bond motifs is 1. The van der Waals surface area contributed by atoms with E-state index >= 15 is 0 Å². The van der Waals surface area contributed by atoms with Crippen LogP contribution in [0.5, 0.6) is 0 Å². The van der Waals surface area contributed by atoms with E-state index in [1.165, 1.54) is 23.5 Å². The Morgan fingerprint density at radius 3 is 2.34 bits per heavy atom. The third-order valence-corrected chi connectivity index (χ3v) is 8.59. The number of nitrogens with one attached hydrogen (secondary N) is 2. The Balaban J connectivity index is 1.45. The normalized spacial score (nSPS) is 21.4. The average Bonchev–Trinajstić information content (AvgIpc) is 3.47. The molecule has 0 spiro atoms. The number of aryl methyl sites for hydroxylation is 1. The summed E-state index contributed by atoms with van der Waals surface area (Å²) in [5, 5.41) is 37.8. The second-order valence-electron chi connectivity index (χ2n) is 10.9. The van der Waals surface area contributed by atoms with Gasteiger partial charge in [0.2, 0.25) is 5.95 Å². The largest absolute Gasteiger partial charge is 0.416 e. The van der Waals surface area contributed by atoms with Gasteiger partial charge in [-0.2, -0.15) is 18.2 Å². The number of benzene rings is 1. The van der Waals surface area contributed by atoms with Gasteiger partial charge in [-0.3, -0.25) is 4.98 Å². The van der Waals surface area contributed by atoms with Crippen molar-refractivity contribution in [3.8, 4) is 10.6 Å². The molecule has 1 aromatic carbocycles. The summed E-state index contributed by atoms with van der Waals surface area (Å²) in [4.78, 5) is 18.2. The summed E-state index contributed by atoms with van der Waals surface area (Å²) in [6, 6.07) is 6.37. The Morgan fingerprint density at radius 2 is 1.71 bits per heavy atom. The first kappa shape index (κ1) is 29.1. The molecule has 5 rings (SSSR count). The number of hydrogen-bond acceptors (Lipinski definition) is 10. The molecule has 1 saturated carbocycles. The van der Waals surface area contributed by atoms with Crippen molar-refractivity contribution in [1.29, 1.82) is 0 Å². The summed E-state index contributed by atoms with van der Waals surface area (Å²) >= 11 is 1.44. The van der Waals surface area contributed by atoms with Crippen LogP contribution in [0.25, 0.3) is 20.8 Å². The van der Waals surface area contributed by atoms with Crippen molar-refractivity contribution in [2.24, 2.45) is 5.92 Å². The topological polar surface area (TPSA) is 136 Å². The number of thiazole rings is 1. The van der Waals surface area contributed by atoms with E-state index in [1.54, 1.807) is 12.4 Å². The van der Waals surface area contributed by atoms with E-state index in [0.29, 0.717) is 40.6 Å². The number of hydrogen-bond donors (Lipinski definition) is 5. The zero-order valence-corrected chi connectivity index (χ0v) is 23.5. The van der Waals surface area contributed by atoms with E-state index in [4.69, 9.17) is 9.97 Å². The molecule has 4 atom stereocenters. The van der Waals surface area contributed by atoms with Crippen molar-refractivity contribution in [2.45, 2.75) is 57.0 Å². The van der Waals surface area contributed by atoms with E-state index in [-0.39, 0.29) is 12.6 Å². The lowest BCUT2D eigenvalue weighted by molar-refractivity contribution is -0.137. The van der Waals surface area contributed by atoms with Crippen molar-refractivity contribution in [1.82, 2.24) is 19.9 Å². The fourth-order valence-corrected chi connectivity index (χ4v) is 6.07. The van der Waals surface area contributed by atoms with Crippen LogP contribution in [0.2, 0.25) is 0 Å². The van der Waals surface area contributed by atoms with Crippen molar-refractivity contribution in [3.63, 3.8) is 0 Å². The van der Waals surface area contributed by atoms with Crippen molar-refractivity contribution in [3.05, 3.63) is 59.5 Å². The van der Waals surface area contributed by atoms with E-state index in [1.807, 2.05) is 26.8 Å². The highest BCUT2D eigenvalue weighted by Gasteiger charge is 2.41. The molecule has 0 radical (unpaired) electrons. The van der Waals surface area contributed by atoms with Gasteiger partial charge in [-0.1, -0.05) is 26.0 Å². The molecular formula is C28H31F3N6O3S. The van der Waals surface area contributed by atoms with Crippen LogP contribution >= 0.6 is 11.3 Å². The van der Waals surface area contributed by atoms with Gasteiger partial charge in [0.1, 0.15) is 22.4 Å². The number of alkyl halides is 3. The van der Waals surface area contributed by atoms with Gasteiger partial charge < -0.3 is 26.0 Å². The number of halogens is 3. The molecule has 0 amide bonds. The van der Waals surface area contributed by atoms with E-state index < -0.39 is 41.3 Å². The lowest BCUT2D eigenvalue weighted by Crippen LogP contribution is -2.36. The van der Waals surface area contributed by atoms with Crippen LogP contribution in [-0.2, 0) is 11.6 Å². The number of aliphatic hydroxyl groups is 3. The Kier molecular flexibility index (Phi) is 7.90. The van der Waals surface area contributed by atoms with E-state index in [0.717, 1.165) is 22.3 Å². The molecule has 41 heavy (non-hydrogen) atoms. The second-order valence-corrected chi connectivity index (χ2v) is 12.0. The van der Waals surface area contributed by atoms with Crippen LogP contribution in [0.4, 0.5) is 24.9 Å². The second kappa shape index (κ2) is 11.1. The van der Waals surface area contributed by atoms with Crippen LogP contribution in [0.3, 0.4) is 0 Å². The van der Waals surface area contributed by atoms with Crippen LogP contribution < -0.4 is 10.6 Å². The minimum atomic E-state index is -4.41. The van der Waals surface area contributed by atoms with E-state index in [2.05, 4.69) is 20.6 Å². The molecule has 1 aliphatic carbocycles. The highest BCUT2D eigenvalue weighted by atomic mass is 32.1. The van der Waals surface area contributed by atoms with Crippen molar-refractivity contribution < 1.29 is 28.5 Å². The summed E-state index contributed by atoms with van der Waals surface area (Å²) in [6.45, 7) is 5.69. The highest BCUT2D eigenvalue weighted by Crippen LogP contribution is 2.38. The molecule has 4 aromatic rings. The van der Waals surface area contributed by atoms with Crippen LogP contribution in [-0.4, -0.2) is 66.7 Å². The maximum absolute atomic E-state index is 13.0. The molecule has 5 N–H and O–H groups in total. The molecule has 218 valence electrons. The van der Waals surface area contributed by atoms with Gasteiger partial charge >= 0.3 is 6.18 Å². The van der Waals surface area contributed by atoms with Gasteiger partial charge in [0.25, 0.3) is 0 Å². The Labute approximate surface area is 238 Å². The van der Waals surface area contributed by atoms with Gasteiger partial charge in [-0.15, -0.1) is 11.3 Å². The summed E-state index contributed by atoms with van der Waals surface area (Å²) in [5.74, 6) is 0.196. The van der Waals surface area contributed by atoms with Gasteiger partial charge in [0.15, 0.2) is 0 Å². The molecule has 9 nitrogen and oxygen atoms in total. The monoisotopic (exact) mass is 588 g/mol. The number of rotatable bonds is 8. The fraction of sp³-hybridized carbons (Fsp3) is 0.429. The zero-order chi connectivity index (χ0) is 29.5. The summed E-state index contributed by atoms with van der Waals surface area (Å²) in [5.41, 5.74) is 1.40. The minimum absolute atomic E-state index is 0.261. The highest BCUT2D eigenvalue weighted by molar-refractivity contribution is 7.21. The van der Waals surface area contributed by atoms with Crippen LogP contribution in [0, 0.1) is 12.8 Å². The first-order valence-corrected chi connectivity index (χ1v) is 13.9. The molecule has 3 aromatic heterocycles. The first-order valence-electron chi connectivity index (χ1n) is 13.1. The summed E-state index contributed by atoms with van der Waals surface area (Å²) < 4.78 is 40.0. The quantitative estimate of drug-likeness (QED) is 0.203. The lowest BCUT2D eigenvalue weighted by atomic mass is 9.84. The van der Waals surface area contributed by atoms with Crippen molar-refractivity contribution >= 4 is 33.3 Å². The predicted molar refractivity (Wildman–Crippen MR) is 151 cm³/mol. The predicted octanol–water partition coefficient (Wildman–Crippen LogP) is 4.38. The molecule has 0 saturated heterocycles. The van der Waals surface area contributed by atoms with Gasteiger partial charge in [-0.05, 0) is 37.1 Å². The maximum atomic E-state index is 13.0. The molecule has 1 fully saturated rings. The SMILES string of the molecule is Cc1nc(NCC(C)(C)c2ccc(C(F)(F)F)cc2)nc(N[C@@H]2C[C@H](CO)[C@@H](O)[C@H]2O)c1-c1nc2cnccc2s1. The Hall–Kier alpha value is -3.39. The molecule has 0 unspecified atom stereocenters. The number of aliphatic hydroxyl groups excluding tert-OH is 3. The van der Waals surface area contributed by atoms with Gasteiger partial charge in [-0.25, -0.2) is 9.97 Å². The number of pyridine rings is 1. The third-order valence-electron chi connectivity index (χ3n) is 7.53. The third kappa shape index (κ3) is 5.98. The molecule has 0 aliphatic heterocycles. The fourth-order valence-electron chi connectivity index (χ4n) is 5.04.